The van der Waals surface area contributed by atoms with Gasteiger partial charge in [0, 0.05) is 29.7 Å². The smallest absolute Gasteiger partial charge is 0.177 e. The standard InChI is InChI=1S/C20H23N7S/c1-11-24-15-7-6-14(10-16(15)28-11)25-18-17(12-2-4-13(21)5-3-12)19(22)26-27-9-8-23-20(18)27/h6-10,12-13,25H,2-5,21H2,1H3,(H2,22,26)/t12-,13-. The van der Waals surface area contributed by atoms with Crippen LogP contribution in [-0.4, -0.2) is 25.6 Å². The second-order valence-electron chi connectivity index (χ2n) is 7.52. The van der Waals surface area contributed by atoms with Crippen molar-refractivity contribution in [3.05, 3.63) is 41.2 Å². The van der Waals surface area contributed by atoms with Gasteiger partial charge in [-0.05, 0) is 56.7 Å². The Morgan fingerprint density at radius 1 is 1.21 bits per heavy atom. The van der Waals surface area contributed by atoms with E-state index in [0.717, 1.165) is 63.5 Å². The Morgan fingerprint density at radius 3 is 2.86 bits per heavy atom. The second kappa shape index (κ2) is 6.72. The molecule has 0 amide bonds. The Bertz CT molecular complexity index is 1150. The minimum absolute atomic E-state index is 0.286. The van der Waals surface area contributed by atoms with Crippen molar-refractivity contribution in [2.75, 3.05) is 11.1 Å². The van der Waals surface area contributed by atoms with Gasteiger partial charge in [0.2, 0.25) is 0 Å². The number of thiazole rings is 1. The van der Waals surface area contributed by atoms with Gasteiger partial charge in [-0.3, -0.25) is 0 Å². The van der Waals surface area contributed by atoms with Crippen LogP contribution < -0.4 is 16.8 Å². The topological polar surface area (TPSA) is 107 Å². The molecule has 3 heterocycles. The highest BCUT2D eigenvalue weighted by Gasteiger charge is 2.27. The fourth-order valence-corrected chi connectivity index (χ4v) is 5.05. The third-order valence-electron chi connectivity index (χ3n) is 5.55. The van der Waals surface area contributed by atoms with Gasteiger partial charge >= 0.3 is 0 Å². The van der Waals surface area contributed by atoms with Crippen molar-refractivity contribution in [1.82, 2.24) is 19.6 Å². The van der Waals surface area contributed by atoms with Crippen molar-refractivity contribution in [3.8, 4) is 0 Å². The van der Waals surface area contributed by atoms with E-state index in [1.165, 1.54) is 0 Å². The number of anilines is 3. The molecular formula is C20H23N7S. The van der Waals surface area contributed by atoms with Crippen molar-refractivity contribution < 1.29 is 0 Å². The van der Waals surface area contributed by atoms with Gasteiger partial charge in [0.25, 0.3) is 0 Å². The van der Waals surface area contributed by atoms with Gasteiger partial charge in [-0.2, -0.15) is 0 Å². The predicted octanol–water partition coefficient (Wildman–Crippen LogP) is 3.96. The molecule has 1 saturated carbocycles. The van der Waals surface area contributed by atoms with E-state index >= 15 is 0 Å². The number of nitrogens with one attached hydrogen (secondary N) is 1. The molecule has 3 aromatic heterocycles. The van der Waals surface area contributed by atoms with Gasteiger partial charge in [0.05, 0.1) is 20.9 Å². The van der Waals surface area contributed by atoms with E-state index in [4.69, 9.17) is 11.5 Å². The number of imidazole rings is 1. The van der Waals surface area contributed by atoms with Gasteiger partial charge < -0.3 is 16.8 Å². The summed E-state index contributed by atoms with van der Waals surface area (Å²) >= 11 is 1.69. The fourth-order valence-electron chi connectivity index (χ4n) is 4.18. The van der Waals surface area contributed by atoms with Crippen molar-refractivity contribution in [2.45, 2.75) is 44.6 Å². The van der Waals surface area contributed by atoms with Crippen LogP contribution >= 0.6 is 11.3 Å². The van der Waals surface area contributed by atoms with E-state index in [2.05, 4.69) is 32.5 Å². The molecule has 7 nitrogen and oxygen atoms in total. The van der Waals surface area contributed by atoms with E-state index in [-0.39, 0.29) is 6.04 Å². The summed E-state index contributed by atoms with van der Waals surface area (Å²) in [5, 5.41) is 9.20. The molecule has 28 heavy (non-hydrogen) atoms. The highest BCUT2D eigenvalue weighted by Crippen LogP contribution is 2.41. The van der Waals surface area contributed by atoms with E-state index in [1.807, 2.05) is 19.2 Å². The van der Waals surface area contributed by atoms with Crippen molar-refractivity contribution in [1.29, 1.82) is 0 Å². The zero-order valence-electron chi connectivity index (χ0n) is 15.7. The number of fused-ring (bicyclic) bond motifs is 2. The van der Waals surface area contributed by atoms with Crippen LogP contribution in [0.5, 0.6) is 0 Å². The number of benzene rings is 1. The first-order chi connectivity index (χ1) is 13.6. The molecule has 0 spiro atoms. The molecule has 1 aliphatic rings. The Morgan fingerprint density at radius 2 is 2.04 bits per heavy atom. The minimum atomic E-state index is 0.286. The number of hydrogen-bond donors (Lipinski definition) is 3. The van der Waals surface area contributed by atoms with Gasteiger partial charge in [0.1, 0.15) is 5.82 Å². The summed E-state index contributed by atoms with van der Waals surface area (Å²) in [6.07, 6.45) is 7.64. The number of nitrogens with zero attached hydrogens (tertiary/aromatic N) is 4. The molecule has 0 aliphatic heterocycles. The lowest BCUT2D eigenvalue weighted by atomic mass is 9.81. The predicted molar refractivity (Wildman–Crippen MR) is 114 cm³/mol. The average molecular weight is 394 g/mol. The minimum Gasteiger partial charge on any atom is -0.382 e. The SMILES string of the molecule is Cc1nc2ccc(Nc3c4nccn4nc(N)c3[C@H]3CC[C@H](N)CC3)cc2s1. The number of aromatic nitrogens is 4. The molecule has 0 atom stereocenters. The maximum atomic E-state index is 6.42. The van der Waals surface area contributed by atoms with E-state index in [1.54, 1.807) is 22.0 Å². The lowest BCUT2D eigenvalue weighted by Crippen LogP contribution is -2.26. The third-order valence-corrected chi connectivity index (χ3v) is 6.48. The lowest BCUT2D eigenvalue weighted by Gasteiger charge is -2.28. The van der Waals surface area contributed by atoms with E-state index in [0.29, 0.717) is 11.7 Å². The van der Waals surface area contributed by atoms with Crippen molar-refractivity contribution in [3.63, 3.8) is 0 Å². The molecule has 1 fully saturated rings. The summed E-state index contributed by atoms with van der Waals surface area (Å²) in [5.41, 5.74) is 17.4. The number of nitrogen functional groups attached to an aromatic ring is 1. The molecular weight excluding hydrogens is 370 g/mol. The van der Waals surface area contributed by atoms with Crippen LogP contribution in [0.1, 0.15) is 42.2 Å². The molecule has 0 unspecified atom stereocenters. The molecule has 1 aliphatic carbocycles. The molecule has 5 N–H and O–H groups in total. The Kier molecular flexibility index (Phi) is 4.17. The Labute approximate surface area is 166 Å². The zero-order valence-corrected chi connectivity index (χ0v) is 16.5. The Hall–Kier alpha value is -2.71. The summed E-state index contributed by atoms with van der Waals surface area (Å²) in [6, 6.07) is 6.52. The molecule has 0 radical (unpaired) electrons. The fraction of sp³-hybridized carbons (Fsp3) is 0.350. The molecule has 0 saturated heterocycles. The van der Waals surface area contributed by atoms with E-state index < -0.39 is 0 Å². The summed E-state index contributed by atoms with van der Waals surface area (Å²) in [7, 11) is 0. The summed E-state index contributed by atoms with van der Waals surface area (Å²) < 4.78 is 2.90. The largest absolute Gasteiger partial charge is 0.382 e. The van der Waals surface area contributed by atoms with Crippen LogP contribution in [0.15, 0.2) is 30.6 Å². The lowest BCUT2D eigenvalue weighted by molar-refractivity contribution is 0.396. The second-order valence-corrected chi connectivity index (χ2v) is 8.76. The molecule has 8 heteroatoms. The highest BCUT2D eigenvalue weighted by molar-refractivity contribution is 7.18. The maximum absolute atomic E-state index is 6.42. The van der Waals surface area contributed by atoms with Gasteiger partial charge in [-0.1, -0.05) is 0 Å². The number of aryl methyl sites for hydroxylation is 1. The Balaban J connectivity index is 1.61. The monoisotopic (exact) mass is 393 g/mol. The van der Waals surface area contributed by atoms with Crippen LogP contribution in [0.2, 0.25) is 0 Å². The van der Waals surface area contributed by atoms with E-state index in [9.17, 15) is 0 Å². The maximum Gasteiger partial charge on any atom is 0.177 e. The van der Waals surface area contributed by atoms with Crippen LogP contribution in [0.25, 0.3) is 15.9 Å². The first-order valence-corrected chi connectivity index (χ1v) is 10.4. The average Bonchev–Trinajstić information content (AvgIpc) is 3.28. The van der Waals surface area contributed by atoms with Gasteiger partial charge in [-0.15, -0.1) is 16.4 Å². The normalized spacial score (nSPS) is 20.1. The van der Waals surface area contributed by atoms with Gasteiger partial charge in [0.15, 0.2) is 5.65 Å². The number of rotatable bonds is 3. The van der Waals surface area contributed by atoms with Crippen LogP contribution in [0.4, 0.5) is 17.2 Å². The molecule has 1 aromatic carbocycles. The molecule has 0 bridgehead atoms. The number of nitrogens with two attached hydrogens (primary N) is 2. The van der Waals surface area contributed by atoms with Crippen molar-refractivity contribution >= 4 is 44.4 Å². The summed E-state index contributed by atoms with van der Waals surface area (Å²) in [4.78, 5) is 9.09. The highest BCUT2D eigenvalue weighted by atomic mass is 32.1. The number of hydrogen-bond acceptors (Lipinski definition) is 7. The third kappa shape index (κ3) is 2.98. The van der Waals surface area contributed by atoms with Crippen LogP contribution in [0.3, 0.4) is 0 Å². The first kappa shape index (κ1) is 17.4. The first-order valence-electron chi connectivity index (χ1n) is 9.61. The summed E-state index contributed by atoms with van der Waals surface area (Å²) in [6.45, 7) is 2.03. The van der Waals surface area contributed by atoms with Crippen LogP contribution in [0, 0.1) is 6.92 Å². The summed E-state index contributed by atoms with van der Waals surface area (Å²) in [5.74, 6) is 0.897. The zero-order chi connectivity index (χ0) is 19.3. The molecule has 144 valence electrons. The van der Waals surface area contributed by atoms with Gasteiger partial charge in [-0.25, -0.2) is 14.5 Å². The van der Waals surface area contributed by atoms with Crippen LogP contribution in [-0.2, 0) is 0 Å². The quantitative estimate of drug-likeness (QED) is 0.486. The molecule has 4 aromatic rings. The molecule has 5 rings (SSSR count). The van der Waals surface area contributed by atoms with Crippen molar-refractivity contribution in [2.24, 2.45) is 5.73 Å².